The Balaban J connectivity index is 2.03. The van der Waals surface area contributed by atoms with E-state index in [1.54, 1.807) is 0 Å². The Labute approximate surface area is 113 Å². The van der Waals surface area contributed by atoms with E-state index in [1.807, 2.05) is 0 Å². The number of carbonyl (C=O) groups excluding carboxylic acids is 1. The number of aromatic nitrogens is 2. The van der Waals surface area contributed by atoms with Crippen molar-refractivity contribution in [2.24, 2.45) is 0 Å². The Bertz CT molecular complexity index is 492. The molecule has 2 N–H and O–H groups in total. The Morgan fingerprint density at radius 2 is 2.16 bits per heavy atom. The van der Waals surface area contributed by atoms with Crippen LogP contribution in [0.25, 0.3) is 0 Å². The number of nitrogens with one attached hydrogen (secondary N) is 2. The van der Waals surface area contributed by atoms with Gasteiger partial charge in [-0.25, -0.2) is 4.98 Å². The zero-order valence-electron chi connectivity index (χ0n) is 11.7. The molecule has 0 aliphatic carbocycles. The number of nitrogens with zero attached hydrogens (tertiary/aromatic N) is 2. The van der Waals surface area contributed by atoms with Gasteiger partial charge in [0.15, 0.2) is 0 Å². The molecule has 0 saturated carbocycles. The first kappa shape index (κ1) is 12.7. The quantitative estimate of drug-likeness (QED) is 0.839. The summed E-state index contributed by atoms with van der Waals surface area (Å²) in [7, 11) is 0. The Morgan fingerprint density at radius 3 is 2.89 bits per heavy atom. The highest BCUT2D eigenvalue weighted by atomic mass is 16.2. The largest absolute Gasteiger partial charge is 0.353 e. The van der Waals surface area contributed by atoms with E-state index in [1.165, 1.54) is 18.5 Å². The fourth-order valence-electron chi connectivity index (χ4n) is 3.09. The van der Waals surface area contributed by atoms with E-state index in [-0.39, 0.29) is 11.9 Å². The van der Waals surface area contributed by atoms with Crippen LogP contribution >= 0.6 is 0 Å². The van der Waals surface area contributed by atoms with Gasteiger partial charge in [0.25, 0.3) is 0 Å². The van der Waals surface area contributed by atoms with Crippen LogP contribution in [0.5, 0.6) is 0 Å². The number of rotatable bonds is 2. The van der Waals surface area contributed by atoms with Crippen molar-refractivity contribution < 1.29 is 4.79 Å². The fraction of sp³-hybridized carbons (Fsp3) is 0.714. The molecule has 2 aliphatic rings. The molecule has 2 aliphatic heterocycles. The summed E-state index contributed by atoms with van der Waals surface area (Å²) >= 11 is 0. The Hall–Kier alpha value is -1.36. The van der Waals surface area contributed by atoms with Crippen LogP contribution in [-0.2, 0) is 17.8 Å². The van der Waals surface area contributed by atoms with E-state index in [0.717, 1.165) is 31.0 Å². The number of amides is 1. The second-order valence-electron chi connectivity index (χ2n) is 5.74. The van der Waals surface area contributed by atoms with Crippen molar-refractivity contribution in [3.05, 3.63) is 17.2 Å². The third-order valence-corrected chi connectivity index (χ3v) is 4.00. The molecule has 1 atom stereocenters. The molecule has 104 valence electrons. The highest BCUT2D eigenvalue weighted by Crippen LogP contribution is 2.29. The van der Waals surface area contributed by atoms with Gasteiger partial charge in [0.05, 0.1) is 5.69 Å². The second kappa shape index (κ2) is 4.96. The smallest absolute Gasteiger partial charge is 0.243 e. The van der Waals surface area contributed by atoms with Gasteiger partial charge >= 0.3 is 0 Å². The molecule has 3 rings (SSSR count). The number of imidazole rings is 1. The van der Waals surface area contributed by atoms with Crippen molar-refractivity contribution in [2.45, 2.75) is 51.6 Å². The normalized spacial score (nSPS) is 23.3. The maximum atomic E-state index is 12.0. The van der Waals surface area contributed by atoms with Crippen LogP contribution in [0.2, 0.25) is 0 Å². The van der Waals surface area contributed by atoms with Crippen molar-refractivity contribution in [1.82, 2.24) is 20.2 Å². The SMILES string of the molecule is CC(C)c1nc(C2NCCNC2=O)c2n1CCCC2. The van der Waals surface area contributed by atoms with Crippen molar-refractivity contribution >= 4 is 5.91 Å². The van der Waals surface area contributed by atoms with Gasteiger partial charge in [0.1, 0.15) is 11.9 Å². The highest BCUT2D eigenvalue weighted by Gasteiger charge is 2.31. The Morgan fingerprint density at radius 1 is 1.32 bits per heavy atom. The number of fused-ring (bicyclic) bond motifs is 1. The third kappa shape index (κ3) is 2.16. The zero-order valence-corrected chi connectivity index (χ0v) is 11.7. The highest BCUT2D eigenvalue weighted by molar-refractivity contribution is 5.83. The summed E-state index contributed by atoms with van der Waals surface area (Å²) in [5.74, 6) is 1.59. The van der Waals surface area contributed by atoms with E-state index >= 15 is 0 Å². The minimum Gasteiger partial charge on any atom is -0.353 e. The average molecular weight is 262 g/mol. The molecule has 0 aromatic carbocycles. The molecular formula is C14H22N4O. The number of piperazine rings is 1. The van der Waals surface area contributed by atoms with Crippen LogP contribution < -0.4 is 10.6 Å². The monoisotopic (exact) mass is 262 g/mol. The summed E-state index contributed by atoms with van der Waals surface area (Å²) in [5.41, 5.74) is 2.23. The van der Waals surface area contributed by atoms with Crippen LogP contribution in [-0.4, -0.2) is 28.5 Å². The molecule has 0 spiro atoms. The molecule has 19 heavy (non-hydrogen) atoms. The Kier molecular flexibility index (Phi) is 3.31. The van der Waals surface area contributed by atoms with Crippen LogP contribution in [0.15, 0.2) is 0 Å². The minimum atomic E-state index is -0.263. The van der Waals surface area contributed by atoms with Gasteiger partial charge in [-0.05, 0) is 19.3 Å². The standard InChI is InChI=1S/C14H22N4O/c1-9(2)13-17-11(10-5-3-4-8-18(10)13)12-14(19)16-7-6-15-12/h9,12,15H,3-8H2,1-2H3,(H,16,19). The van der Waals surface area contributed by atoms with Gasteiger partial charge in [-0.2, -0.15) is 0 Å². The van der Waals surface area contributed by atoms with Crippen LogP contribution in [0.1, 0.15) is 55.9 Å². The molecular weight excluding hydrogens is 240 g/mol. The van der Waals surface area contributed by atoms with Crippen molar-refractivity contribution in [1.29, 1.82) is 0 Å². The zero-order chi connectivity index (χ0) is 13.4. The molecule has 1 amide bonds. The molecule has 1 fully saturated rings. The minimum absolute atomic E-state index is 0.0630. The maximum Gasteiger partial charge on any atom is 0.243 e. The first-order valence-corrected chi connectivity index (χ1v) is 7.28. The van der Waals surface area contributed by atoms with Gasteiger partial charge in [0, 0.05) is 31.2 Å². The fourth-order valence-corrected chi connectivity index (χ4v) is 3.09. The van der Waals surface area contributed by atoms with Gasteiger partial charge in [-0.15, -0.1) is 0 Å². The first-order valence-electron chi connectivity index (χ1n) is 7.28. The third-order valence-electron chi connectivity index (χ3n) is 4.00. The molecule has 0 radical (unpaired) electrons. The summed E-state index contributed by atoms with van der Waals surface area (Å²) in [6, 6.07) is -0.263. The summed E-state index contributed by atoms with van der Waals surface area (Å²) in [4.78, 5) is 16.8. The number of hydrogen-bond acceptors (Lipinski definition) is 3. The van der Waals surface area contributed by atoms with Gasteiger partial charge < -0.3 is 9.88 Å². The van der Waals surface area contributed by atoms with Gasteiger partial charge in [-0.1, -0.05) is 13.8 Å². The van der Waals surface area contributed by atoms with Gasteiger partial charge in [-0.3, -0.25) is 10.1 Å². The molecule has 3 heterocycles. The molecule has 1 unspecified atom stereocenters. The summed E-state index contributed by atoms with van der Waals surface area (Å²) < 4.78 is 2.34. The topological polar surface area (TPSA) is 59.0 Å². The average Bonchev–Trinajstić information content (AvgIpc) is 2.79. The second-order valence-corrected chi connectivity index (χ2v) is 5.74. The van der Waals surface area contributed by atoms with Crippen molar-refractivity contribution in [2.75, 3.05) is 13.1 Å². The molecule has 0 bridgehead atoms. The predicted molar refractivity (Wildman–Crippen MR) is 73.0 cm³/mol. The number of hydrogen-bond donors (Lipinski definition) is 2. The lowest BCUT2D eigenvalue weighted by atomic mass is 10.0. The van der Waals surface area contributed by atoms with Crippen LogP contribution in [0.4, 0.5) is 0 Å². The molecule has 1 aromatic heterocycles. The lowest BCUT2D eigenvalue weighted by Gasteiger charge is -2.24. The molecule has 5 heteroatoms. The van der Waals surface area contributed by atoms with E-state index in [4.69, 9.17) is 4.98 Å². The maximum absolute atomic E-state index is 12.0. The van der Waals surface area contributed by atoms with Crippen molar-refractivity contribution in [3.8, 4) is 0 Å². The van der Waals surface area contributed by atoms with Crippen LogP contribution in [0, 0.1) is 0 Å². The lowest BCUT2D eigenvalue weighted by Crippen LogP contribution is -2.47. The van der Waals surface area contributed by atoms with Crippen LogP contribution in [0.3, 0.4) is 0 Å². The summed E-state index contributed by atoms with van der Waals surface area (Å²) in [5, 5.41) is 6.22. The first-order chi connectivity index (χ1) is 9.18. The van der Waals surface area contributed by atoms with Gasteiger partial charge in [0.2, 0.25) is 5.91 Å². The molecule has 5 nitrogen and oxygen atoms in total. The summed E-state index contributed by atoms with van der Waals surface area (Å²) in [6.45, 7) is 6.91. The van der Waals surface area contributed by atoms with Crippen molar-refractivity contribution in [3.63, 3.8) is 0 Å². The predicted octanol–water partition coefficient (Wildman–Crippen LogP) is 1.10. The number of carbonyl (C=O) groups is 1. The molecule has 1 aromatic rings. The molecule has 1 saturated heterocycles. The van der Waals surface area contributed by atoms with E-state index in [0.29, 0.717) is 12.5 Å². The van der Waals surface area contributed by atoms with E-state index in [9.17, 15) is 4.79 Å². The summed E-state index contributed by atoms with van der Waals surface area (Å²) in [6.07, 6.45) is 3.46. The lowest BCUT2D eigenvalue weighted by molar-refractivity contribution is -0.124. The van der Waals surface area contributed by atoms with E-state index < -0.39 is 0 Å². The van der Waals surface area contributed by atoms with E-state index in [2.05, 4.69) is 29.0 Å².